The maximum absolute atomic E-state index is 12.8. The average molecular weight is 387 g/mol. The van der Waals surface area contributed by atoms with Gasteiger partial charge in [-0.3, -0.25) is 14.5 Å². The highest BCUT2D eigenvalue weighted by atomic mass is 16.6. The molecular formula is C20H25N3O5. The van der Waals surface area contributed by atoms with Crippen LogP contribution in [0.3, 0.4) is 0 Å². The smallest absolute Gasteiger partial charge is 0.410 e. The first-order valence-corrected chi connectivity index (χ1v) is 10.1. The Kier molecular flexibility index (Phi) is 3.93. The van der Waals surface area contributed by atoms with E-state index in [4.69, 9.17) is 9.15 Å². The van der Waals surface area contributed by atoms with Crippen LogP contribution in [-0.2, 0) is 9.53 Å². The normalized spacial score (nSPS) is 26.4. The number of piperazine rings is 1. The van der Waals surface area contributed by atoms with Crippen molar-refractivity contribution in [2.24, 2.45) is 5.92 Å². The van der Waals surface area contributed by atoms with Crippen molar-refractivity contribution in [2.75, 3.05) is 32.7 Å². The highest BCUT2D eigenvalue weighted by molar-refractivity contribution is 5.92. The summed E-state index contributed by atoms with van der Waals surface area (Å²) in [6.45, 7) is 4.38. The van der Waals surface area contributed by atoms with Crippen LogP contribution in [0.1, 0.15) is 42.0 Å². The van der Waals surface area contributed by atoms with Crippen LogP contribution in [0.25, 0.3) is 0 Å². The number of nitrogens with zero attached hydrogens (tertiary/aromatic N) is 3. The van der Waals surface area contributed by atoms with Crippen molar-refractivity contribution in [2.45, 2.75) is 44.2 Å². The van der Waals surface area contributed by atoms with Gasteiger partial charge in [0.25, 0.3) is 5.91 Å². The van der Waals surface area contributed by atoms with Gasteiger partial charge in [-0.1, -0.05) is 0 Å². The standard InChI is InChI=1S/C20H25N3O5/c1-13-2-5-15(27-13)18(25)22-10-11-23-16(12-22)20(28-19(23)26)6-8-21(9-7-20)17(24)14-3-4-14/h2,5,14,16H,3-4,6-12H2,1H3. The van der Waals surface area contributed by atoms with Crippen LogP contribution in [0, 0.1) is 12.8 Å². The van der Waals surface area contributed by atoms with Crippen molar-refractivity contribution in [1.29, 1.82) is 0 Å². The Balaban J connectivity index is 1.31. The highest BCUT2D eigenvalue weighted by Gasteiger charge is 2.57. The van der Waals surface area contributed by atoms with E-state index in [1.165, 1.54) is 0 Å². The molecule has 1 aliphatic carbocycles. The molecule has 0 bridgehead atoms. The molecule has 4 aliphatic rings. The predicted octanol–water partition coefficient (Wildman–Crippen LogP) is 1.64. The maximum Gasteiger partial charge on any atom is 0.410 e. The van der Waals surface area contributed by atoms with Crippen LogP contribution in [-0.4, -0.2) is 77.0 Å². The number of likely N-dealkylation sites (tertiary alicyclic amines) is 1. The van der Waals surface area contributed by atoms with Crippen LogP contribution >= 0.6 is 0 Å². The first-order valence-electron chi connectivity index (χ1n) is 10.1. The van der Waals surface area contributed by atoms with E-state index in [0.717, 1.165) is 12.8 Å². The molecule has 3 aliphatic heterocycles. The van der Waals surface area contributed by atoms with Crippen molar-refractivity contribution in [3.05, 3.63) is 23.7 Å². The summed E-state index contributed by atoms with van der Waals surface area (Å²) >= 11 is 0. The Morgan fingerprint density at radius 2 is 1.82 bits per heavy atom. The zero-order valence-electron chi connectivity index (χ0n) is 16.1. The summed E-state index contributed by atoms with van der Waals surface area (Å²) < 4.78 is 11.4. The lowest BCUT2D eigenvalue weighted by Gasteiger charge is -2.45. The Morgan fingerprint density at radius 3 is 2.46 bits per heavy atom. The van der Waals surface area contributed by atoms with E-state index in [9.17, 15) is 14.4 Å². The molecule has 1 aromatic heterocycles. The van der Waals surface area contributed by atoms with Gasteiger partial charge in [-0.15, -0.1) is 0 Å². The first kappa shape index (κ1) is 17.6. The van der Waals surface area contributed by atoms with Crippen LogP contribution < -0.4 is 0 Å². The third kappa shape index (κ3) is 2.77. The van der Waals surface area contributed by atoms with Crippen molar-refractivity contribution in [3.8, 4) is 0 Å². The monoisotopic (exact) mass is 387 g/mol. The molecule has 1 spiro atoms. The fourth-order valence-electron chi connectivity index (χ4n) is 4.77. The fraction of sp³-hybridized carbons (Fsp3) is 0.650. The number of amides is 3. The number of hydrogen-bond acceptors (Lipinski definition) is 5. The van der Waals surface area contributed by atoms with Crippen molar-refractivity contribution in [1.82, 2.24) is 14.7 Å². The molecular weight excluding hydrogens is 362 g/mol. The minimum atomic E-state index is -0.616. The molecule has 1 atom stereocenters. The zero-order chi connectivity index (χ0) is 19.5. The van der Waals surface area contributed by atoms with Gasteiger partial charge in [-0.25, -0.2) is 4.79 Å². The highest BCUT2D eigenvalue weighted by Crippen LogP contribution is 2.41. The van der Waals surface area contributed by atoms with E-state index in [1.807, 2.05) is 11.8 Å². The van der Waals surface area contributed by atoms with Gasteiger partial charge in [0.15, 0.2) is 5.76 Å². The van der Waals surface area contributed by atoms with E-state index < -0.39 is 5.60 Å². The van der Waals surface area contributed by atoms with Crippen molar-refractivity contribution in [3.63, 3.8) is 0 Å². The molecule has 4 fully saturated rings. The topological polar surface area (TPSA) is 83.3 Å². The number of ether oxygens (including phenoxy) is 1. The van der Waals surface area contributed by atoms with Gasteiger partial charge in [0.05, 0.1) is 6.04 Å². The summed E-state index contributed by atoms with van der Waals surface area (Å²) in [6, 6.07) is 3.30. The van der Waals surface area contributed by atoms with Gasteiger partial charge in [0.2, 0.25) is 5.91 Å². The third-order valence-electron chi connectivity index (χ3n) is 6.60. The molecule has 1 unspecified atom stereocenters. The van der Waals surface area contributed by atoms with Crippen LogP contribution in [0.15, 0.2) is 16.5 Å². The minimum Gasteiger partial charge on any atom is -0.456 e. The zero-order valence-corrected chi connectivity index (χ0v) is 16.1. The summed E-state index contributed by atoms with van der Waals surface area (Å²) in [5, 5.41) is 0. The first-order chi connectivity index (χ1) is 13.5. The molecule has 150 valence electrons. The largest absolute Gasteiger partial charge is 0.456 e. The number of hydrogen-bond donors (Lipinski definition) is 0. The van der Waals surface area contributed by atoms with Gasteiger partial charge in [0.1, 0.15) is 11.4 Å². The van der Waals surface area contributed by atoms with Gasteiger partial charge >= 0.3 is 6.09 Å². The lowest BCUT2D eigenvalue weighted by molar-refractivity contribution is -0.136. The number of fused-ring (bicyclic) bond motifs is 2. The second-order valence-corrected chi connectivity index (χ2v) is 8.40. The molecule has 3 amide bonds. The molecule has 1 saturated carbocycles. The number of piperidine rings is 1. The number of rotatable bonds is 2. The third-order valence-corrected chi connectivity index (χ3v) is 6.60. The lowest BCUT2D eigenvalue weighted by Crippen LogP contribution is -2.61. The second kappa shape index (κ2) is 6.25. The number of carbonyl (C=O) groups is 3. The quantitative estimate of drug-likeness (QED) is 0.770. The van der Waals surface area contributed by atoms with Gasteiger partial charge in [-0.2, -0.15) is 0 Å². The molecule has 28 heavy (non-hydrogen) atoms. The van der Waals surface area contributed by atoms with Crippen molar-refractivity contribution < 1.29 is 23.5 Å². The Hall–Kier alpha value is -2.51. The Labute approximate surface area is 163 Å². The minimum absolute atomic E-state index is 0.149. The molecule has 8 nitrogen and oxygen atoms in total. The number of aryl methyl sites for hydroxylation is 1. The molecule has 0 radical (unpaired) electrons. The Morgan fingerprint density at radius 1 is 1.07 bits per heavy atom. The van der Waals surface area contributed by atoms with Gasteiger partial charge in [0, 0.05) is 51.5 Å². The summed E-state index contributed by atoms with van der Waals surface area (Å²) in [5.74, 6) is 1.32. The van der Waals surface area contributed by atoms with Gasteiger partial charge in [-0.05, 0) is 31.9 Å². The summed E-state index contributed by atoms with van der Waals surface area (Å²) in [4.78, 5) is 43.1. The SMILES string of the molecule is Cc1ccc(C(=O)N2CCN3C(=O)OC4(CCN(C(=O)C5CC5)CC4)C3C2)o1. The molecule has 4 heterocycles. The molecule has 0 N–H and O–H groups in total. The fourth-order valence-corrected chi connectivity index (χ4v) is 4.77. The molecule has 5 rings (SSSR count). The van der Waals surface area contributed by atoms with Crippen LogP contribution in [0.2, 0.25) is 0 Å². The molecule has 3 saturated heterocycles. The van der Waals surface area contributed by atoms with Gasteiger partial charge < -0.3 is 19.0 Å². The number of furan rings is 1. The van der Waals surface area contributed by atoms with Crippen LogP contribution in [0.4, 0.5) is 4.79 Å². The van der Waals surface area contributed by atoms with E-state index in [1.54, 1.807) is 21.9 Å². The average Bonchev–Trinajstić information content (AvgIpc) is 3.41. The molecule has 1 aromatic rings. The predicted molar refractivity (Wildman–Crippen MR) is 97.6 cm³/mol. The summed E-state index contributed by atoms with van der Waals surface area (Å²) in [5.41, 5.74) is -0.616. The molecule has 8 heteroatoms. The van der Waals surface area contributed by atoms with E-state index in [2.05, 4.69) is 0 Å². The van der Waals surface area contributed by atoms with E-state index in [0.29, 0.717) is 57.1 Å². The second-order valence-electron chi connectivity index (χ2n) is 8.40. The van der Waals surface area contributed by atoms with E-state index >= 15 is 0 Å². The lowest BCUT2D eigenvalue weighted by atomic mass is 9.83. The summed E-state index contributed by atoms with van der Waals surface area (Å²) in [7, 11) is 0. The van der Waals surface area contributed by atoms with Crippen molar-refractivity contribution >= 4 is 17.9 Å². The maximum atomic E-state index is 12.8. The Bertz CT molecular complexity index is 822. The summed E-state index contributed by atoms with van der Waals surface area (Å²) in [6.07, 6.45) is 2.94. The van der Waals surface area contributed by atoms with Crippen LogP contribution in [0.5, 0.6) is 0 Å². The number of carbonyl (C=O) groups excluding carboxylic acids is 3. The molecule has 0 aromatic carbocycles. The van der Waals surface area contributed by atoms with E-state index in [-0.39, 0.29) is 29.9 Å².